The van der Waals surface area contributed by atoms with Crippen LogP contribution in [0.15, 0.2) is 41.3 Å². The molecule has 2 aliphatic heterocycles. The van der Waals surface area contributed by atoms with Gasteiger partial charge in [0.05, 0.1) is 4.90 Å². The number of aryl methyl sites for hydroxylation is 1. The highest BCUT2D eigenvalue weighted by molar-refractivity contribution is 7.89. The summed E-state index contributed by atoms with van der Waals surface area (Å²) in [5.41, 5.74) is 2.13. The number of ether oxygens (including phenoxy) is 3. The Balaban J connectivity index is 1.36. The summed E-state index contributed by atoms with van der Waals surface area (Å²) in [6, 6.07) is 10.7. The van der Waals surface area contributed by atoms with Gasteiger partial charge in [-0.1, -0.05) is 26.0 Å². The van der Waals surface area contributed by atoms with Crippen molar-refractivity contribution in [3.05, 3.63) is 47.5 Å². The highest BCUT2D eigenvalue weighted by Crippen LogP contribution is 2.33. The van der Waals surface area contributed by atoms with Crippen molar-refractivity contribution in [2.24, 2.45) is 0 Å². The number of carbonyl (C=O) groups is 1. The molecule has 0 aromatic heterocycles. The maximum atomic E-state index is 13.1. The Bertz CT molecular complexity index is 1120. The highest BCUT2D eigenvalue weighted by atomic mass is 32.2. The zero-order chi connectivity index (χ0) is 23.6. The Morgan fingerprint density at radius 1 is 1.00 bits per heavy atom. The van der Waals surface area contributed by atoms with Crippen LogP contribution in [0.25, 0.3) is 0 Å². The largest absolute Gasteiger partial charge is 0.486 e. The summed E-state index contributed by atoms with van der Waals surface area (Å²) in [5, 5.41) is 0. The van der Waals surface area contributed by atoms with E-state index in [0.29, 0.717) is 37.8 Å². The fourth-order valence-electron chi connectivity index (χ4n) is 3.99. The van der Waals surface area contributed by atoms with Gasteiger partial charge >= 0.3 is 0 Å². The van der Waals surface area contributed by atoms with E-state index in [4.69, 9.17) is 14.2 Å². The third-order valence-electron chi connectivity index (χ3n) is 5.88. The number of benzene rings is 2. The minimum atomic E-state index is -3.69. The molecule has 1 amide bonds. The number of hydrogen-bond acceptors (Lipinski definition) is 6. The Morgan fingerprint density at radius 2 is 1.70 bits per heavy atom. The van der Waals surface area contributed by atoms with Crippen LogP contribution in [-0.2, 0) is 14.8 Å². The monoisotopic (exact) mass is 474 g/mol. The van der Waals surface area contributed by atoms with Crippen molar-refractivity contribution in [2.45, 2.75) is 31.6 Å². The molecule has 178 valence electrons. The number of rotatable bonds is 6. The van der Waals surface area contributed by atoms with Gasteiger partial charge in [-0.2, -0.15) is 4.31 Å². The number of hydrogen-bond donors (Lipinski definition) is 0. The van der Waals surface area contributed by atoms with Gasteiger partial charge in [0.1, 0.15) is 19.0 Å². The second kappa shape index (κ2) is 9.61. The van der Waals surface area contributed by atoms with Crippen LogP contribution >= 0.6 is 0 Å². The average Bonchev–Trinajstić information content (AvgIpc) is 2.82. The van der Waals surface area contributed by atoms with Crippen molar-refractivity contribution in [3.8, 4) is 17.2 Å². The molecule has 2 aliphatic rings. The van der Waals surface area contributed by atoms with Crippen LogP contribution in [0.4, 0.5) is 0 Å². The van der Waals surface area contributed by atoms with Gasteiger partial charge in [-0.05, 0) is 42.2 Å². The third kappa shape index (κ3) is 5.09. The van der Waals surface area contributed by atoms with Gasteiger partial charge in [0.2, 0.25) is 10.0 Å². The van der Waals surface area contributed by atoms with Crippen LogP contribution in [0.1, 0.15) is 30.9 Å². The lowest BCUT2D eigenvalue weighted by Crippen LogP contribution is -2.51. The van der Waals surface area contributed by atoms with Crippen LogP contribution in [-0.4, -0.2) is 69.5 Å². The van der Waals surface area contributed by atoms with Crippen LogP contribution in [0.2, 0.25) is 0 Å². The van der Waals surface area contributed by atoms with E-state index in [2.05, 4.69) is 13.8 Å². The predicted octanol–water partition coefficient (Wildman–Crippen LogP) is 2.80. The van der Waals surface area contributed by atoms with Crippen molar-refractivity contribution in [1.82, 2.24) is 9.21 Å². The lowest BCUT2D eigenvalue weighted by atomic mass is 10.0. The molecule has 0 atom stereocenters. The van der Waals surface area contributed by atoms with E-state index in [9.17, 15) is 13.2 Å². The second-order valence-electron chi connectivity index (χ2n) is 8.57. The van der Waals surface area contributed by atoms with Gasteiger partial charge < -0.3 is 19.1 Å². The molecule has 0 spiro atoms. The molecule has 0 aliphatic carbocycles. The number of piperazine rings is 1. The molecule has 0 unspecified atom stereocenters. The first-order valence-electron chi connectivity index (χ1n) is 11.2. The molecule has 8 nitrogen and oxygen atoms in total. The molecule has 33 heavy (non-hydrogen) atoms. The SMILES string of the molecule is Cc1ccc(C(C)C)c(OCC(=O)N2CCN(S(=O)(=O)c3ccc4c(c3)OCCO4)CC2)c1. The summed E-state index contributed by atoms with van der Waals surface area (Å²) in [6.45, 7) is 8.00. The molecule has 9 heteroatoms. The van der Waals surface area contributed by atoms with Crippen molar-refractivity contribution >= 4 is 15.9 Å². The first kappa shape index (κ1) is 23.4. The Hall–Kier alpha value is -2.78. The van der Waals surface area contributed by atoms with E-state index in [-0.39, 0.29) is 36.4 Å². The average molecular weight is 475 g/mol. The molecule has 1 fully saturated rings. The highest BCUT2D eigenvalue weighted by Gasteiger charge is 2.31. The molecule has 0 saturated carbocycles. The van der Waals surface area contributed by atoms with Gasteiger partial charge in [0, 0.05) is 32.2 Å². The summed E-state index contributed by atoms with van der Waals surface area (Å²) in [7, 11) is -3.69. The molecule has 2 heterocycles. The predicted molar refractivity (Wildman–Crippen MR) is 124 cm³/mol. The smallest absolute Gasteiger partial charge is 0.260 e. The van der Waals surface area contributed by atoms with Gasteiger partial charge in [-0.15, -0.1) is 0 Å². The number of carbonyl (C=O) groups excluding carboxylic acids is 1. The molecule has 0 bridgehead atoms. The van der Waals surface area contributed by atoms with E-state index in [1.165, 1.54) is 16.4 Å². The molecule has 0 radical (unpaired) electrons. The quantitative estimate of drug-likeness (QED) is 0.640. The fraction of sp³-hybridized carbons (Fsp3) is 0.458. The van der Waals surface area contributed by atoms with Crippen LogP contribution in [0.3, 0.4) is 0 Å². The summed E-state index contributed by atoms with van der Waals surface area (Å²) < 4.78 is 44.4. The fourth-order valence-corrected chi connectivity index (χ4v) is 5.42. The maximum Gasteiger partial charge on any atom is 0.260 e. The minimum Gasteiger partial charge on any atom is -0.486 e. The van der Waals surface area contributed by atoms with Crippen LogP contribution in [0, 0.1) is 6.92 Å². The third-order valence-corrected chi connectivity index (χ3v) is 7.78. The molecule has 4 rings (SSSR count). The van der Waals surface area contributed by atoms with Gasteiger partial charge in [0.25, 0.3) is 5.91 Å². The van der Waals surface area contributed by atoms with Gasteiger partial charge in [0.15, 0.2) is 18.1 Å². The van der Waals surface area contributed by atoms with E-state index < -0.39 is 10.0 Å². The summed E-state index contributed by atoms with van der Waals surface area (Å²) in [4.78, 5) is 14.5. The van der Waals surface area contributed by atoms with Crippen molar-refractivity contribution in [3.63, 3.8) is 0 Å². The maximum absolute atomic E-state index is 13.1. The minimum absolute atomic E-state index is 0.0713. The van der Waals surface area contributed by atoms with E-state index >= 15 is 0 Å². The number of amides is 1. The normalized spacial score (nSPS) is 16.7. The summed E-state index contributed by atoms with van der Waals surface area (Å²) in [6.07, 6.45) is 0. The Morgan fingerprint density at radius 3 is 2.39 bits per heavy atom. The Kier molecular flexibility index (Phi) is 6.81. The lowest BCUT2D eigenvalue weighted by Gasteiger charge is -2.34. The standard InChI is InChI=1S/C24H30N2O6S/c1-17(2)20-6-4-18(3)14-22(20)32-16-24(27)25-8-10-26(11-9-25)33(28,29)19-5-7-21-23(15-19)31-13-12-30-21/h4-7,14-15,17H,8-13,16H2,1-3H3. The summed E-state index contributed by atoms with van der Waals surface area (Å²) in [5.74, 6) is 1.83. The first-order chi connectivity index (χ1) is 15.8. The molecule has 1 saturated heterocycles. The molecule has 0 N–H and O–H groups in total. The van der Waals surface area contributed by atoms with Gasteiger partial charge in [-0.25, -0.2) is 8.42 Å². The zero-order valence-corrected chi connectivity index (χ0v) is 20.1. The Labute approximate surface area is 195 Å². The lowest BCUT2D eigenvalue weighted by molar-refractivity contribution is -0.134. The van der Waals surface area contributed by atoms with Crippen LogP contribution < -0.4 is 14.2 Å². The van der Waals surface area contributed by atoms with Crippen LogP contribution in [0.5, 0.6) is 17.2 Å². The van der Waals surface area contributed by atoms with Crippen molar-refractivity contribution in [1.29, 1.82) is 0 Å². The molecule has 2 aromatic rings. The first-order valence-corrected chi connectivity index (χ1v) is 12.6. The van der Waals surface area contributed by atoms with Crippen molar-refractivity contribution < 1.29 is 27.4 Å². The number of sulfonamides is 1. The van der Waals surface area contributed by atoms with Gasteiger partial charge in [-0.3, -0.25) is 4.79 Å². The molecular weight excluding hydrogens is 444 g/mol. The zero-order valence-electron chi connectivity index (χ0n) is 19.2. The van der Waals surface area contributed by atoms with E-state index in [1.807, 2.05) is 25.1 Å². The van der Waals surface area contributed by atoms with E-state index in [0.717, 1.165) is 16.9 Å². The molecule has 2 aromatic carbocycles. The summed E-state index contributed by atoms with van der Waals surface area (Å²) >= 11 is 0. The molecular formula is C24H30N2O6S. The second-order valence-corrected chi connectivity index (χ2v) is 10.5. The topological polar surface area (TPSA) is 85.4 Å². The van der Waals surface area contributed by atoms with E-state index in [1.54, 1.807) is 11.0 Å². The number of fused-ring (bicyclic) bond motifs is 1. The number of nitrogens with zero attached hydrogens (tertiary/aromatic N) is 2. The van der Waals surface area contributed by atoms with Crippen molar-refractivity contribution in [2.75, 3.05) is 46.0 Å².